The highest BCUT2D eigenvalue weighted by Crippen LogP contribution is 2.33. The summed E-state index contributed by atoms with van der Waals surface area (Å²) in [7, 11) is 0. The predicted molar refractivity (Wildman–Crippen MR) is 92.4 cm³/mol. The summed E-state index contributed by atoms with van der Waals surface area (Å²) in [6, 6.07) is 15.2. The number of pyridine rings is 1. The van der Waals surface area contributed by atoms with Gasteiger partial charge in [-0.2, -0.15) is 0 Å². The number of fused-ring (bicyclic) bond motifs is 1. The Morgan fingerprint density at radius 2 is 1.88 bits per heavy atom. The summed E-state index contributed by atoms with van der Waals surface area (Å²) in [5.74, 6) is 0. The van der Waals surface area contributed by atoms with Crippen LogP contribution < -0.4 is 0 Å². The third-order valence-electron chi connectivity index (χ3n) is 5.09. The van der Waals surface area contributed by atoms with Gasteiger partial charge in [0.1, 0.15) is 0 Å². The first kappa shape index (κ1) is 15.8. The summed E-state index contributed by atoms with van der Waals surface area (Å²) in [5.41, 5.74) is 2.55. The van der Waals surface area contributed by atoms with Gasteiger partial charge < -0.3 is 9.47 Å². The van der Waals surface area contributed by atoms with Gasteiger partial charge in [-0.15, -0.1) is 0 Å². The number of hydrogen-bond acceptors (Lipinski definition) is 4. The lowest BCUT2D eigenvalue weighted by Gasteiger charge is -2.39. The largest absolute Gasteiger partial charge is 0.373 e. The molecule has 2 fully saturated rings. The molecule has 4 rings (SSSR count). The third-order valence-corrected chi connectivity index (χ3v) is 5.09. The summed E-state index contributed by atoms with van der Waals surface area (Å²) < 4.78 is 12.3. The smallest absolute Gasteiger partial charge is 0.0992 e. The van der Waals surface area contributed by atoms with Gasteiger partial charge in [-0.1, -0.05) is 30.3 Å². The van der Waals surface area contributed by atoms with Gasteiger partial charge in [-0.05, 0) is 36.1 Å². The second kappa shape index (κ2) is 7.43. The molecule has 24 heavy (non-hydrogen) atoms. The van der Waals surface area contributed by atoms with E-state index in [4.69, 9.17) is 9.47 Å². The quantitative estimate of drug-likeness (QED) is 0.847. The molecule has 1 saturated carbocycles. The molecule has 126 valence electrons. The molecule has 1 saturated heterocycles. The molecule has 3 atom stereocenters. The van der Waals surface area contributed by atoms with Crippen molar-refractivity contribution in [2.45, 2.75) is 44.2 Å². The highest BCUT2D eigenvalue weighted by Gasteiger charge is 2.43. The SMILES string of the molecule is c1ccc(CN2CCO[C@H]3[C@@H](OCc4ccncc4)CC[C@@H]32)cc1. The van der Waals surface area contributed by atoms with Crippen molar-refractivity contribution >= 4 is 0 Å². The van der Waals surface area contributed by atoms with Crippen LogP contribution in [0.1, 0.15) is 24.0 Å². The van der Waals surface area contributed by atoms with Crippen LogP contribution in [-0.2, 0) is 22.6 Å². The maximum absolute atomic E-state index is 6.18. The minimum atomic E-state index is 0.196. The Morgan fingerprint density at radius 1 is 1.04 bits per heavy atom. The van der Waals surface area contributed by atoms with E-state index in [-0.39, 0.29) is 12.2 Å². The van der Waals surface area contributed by atoms with Crippen molar-refractivity contribution in [1.29, 1.82) is 0 Å². The Labute approximate surface area is 143 Å². The summed E-state index contributed by atoms with van der Waals surface area (Å²) in [6.07, 6.45) is 6.25. The van der Waals surface area contributed by atoms with Gasteiger partial charge in [0.05, 0.1) is 25.4 Å². The number of hydrogen-bond donors (Lipinski definition) is 0. The van der Waals surface area contributed by atoms with Crippen LogP contribution in [0.2, 0.25) is 0 Å². The fourth-order valence-corrected chi connectivity index (χ4v) is 3.87. The number of rotatable bonds is 5. The molecular weight excluding hydrogens is 300 g/mol. The standard InChI is InChI=1S/C20H24N2O2/c1-2-4-16(5-3-1)14-22-12-13-23-20-18(22)6-7-19(20)24-15-17-8-10-21-11-9-17/h1-5,8-11,18-20H,6-7,12-15H2/t18-,19-,20+/m0/s1. The van der Waals surface area contributed by atoms with E-state index >= 15 is 0 Å². The molecule has 2 aliphatic rings. The highest BCUT2D eigenvalue weighted by atomic mass is 16.5. The Bertz CT molecular complexity index is 635. The van der Waals surface area contributed by atoms with Crippen molar-refractivity contribution in [3.05, 3.63) is 66.0 Å². The summed E-state index contributed by atoms with van der Waals surface area (Å²) in [4.78, 5) is 6.62. The van der Waals surface area contributed by atoms with E-state index in [1.165, 1.54) is 11.1 Å². The van der Waals surface area contributed by atoms with Crippen LogP contribution in [0.3, 0.4) is 0 Å². The Kier molecular flexibility index (Phi) is 4.88. The van der Waals surface area contributed by atoms with Crippen LogP contribution in [0.25, 0.3) is 0 Å². The number of morpholine rings is 1. The van der Waals surface area contributed by atoms with Crippen molar-refractivity contribution in [3.63, 3.8) is 0 Å². The van der Waals surface area contributed by atoms with Gasteiger partial charge in [0.25, 0.3) is 0 Å². The van der Waals surface area contributed by atoms with E-state index in [2.05, 4.69) is 40.2 Å². The molecule has 0 N–H and O–H groups in total. The van der Waals surface area contributed by atoms with Crippen molar-refractivity contribution < 1.29 is 9.47 Å². The zero-order valence-corrected chi connectivity index (χ0v) is 13.9. The van der Waals surface area contributed by atoms with E-state index in [9.17, 15) is 0 Å². The molecule has 4 heteroatoms. The van der Waals surface area contributed by atoms with Gasteiger partial charge in [-0.3, -0.25) is 9.88 Å². The second-order valence-electron chi connectivity index (χ2n) is 6.64. The van der Waals surface area contributed by atoms with E-state index in [1.807, 2.05) is 24.5 Å². The van der Waals surface area contributed by atoms with Crippen LogP contribution in [-0.4, -0.2) is 41.3 Å². The predicted octanol–water partition coefficient (Wildman–Crippen LogP) is 3.03. The van der Waals surface area contributed by atoms with E-state index in [0.29, 0.717) is 12.6 Å². The molecule has 2 heterocycles. The van der Waals surface area contributed by atoms with Crippen LogP contribution in [0.15, 0.2) is 54.9 Å². The first-order chi connectivity index (χ1) is 11.9. The molecular formula is C20H24N2O2. The van der Waals surface area contributed by atoms with Crippen molar-refractivity contribution in [3.8, 4) is 0 Å². The zero-order chi connectivity index (χ0) is 16.2. The Hall–Kier alpha value is -1.75. The normalized spacial score (nSPS) is 27.1. The lowest BCUT2D eigenvalue weighted by atomic mass is 10.1. The van der Waals surface area contributed by atoms with Gasteiger partial charge in [0, 0.05) is 31.5 Å². The maximum atomic E-state index is 6.18. The third kappa shape index (κ3) is 3.51. The number of ether oxygens (including phenoxy) is 2. The van der Waals surface area contributed by atoms with Crippen molar-refractivity contribution in [2.24, 2.45) is 0 Å². The van der Waals surface area contributed by atoms with Crippen LogP contribution >= 0.6 is 0 Å². The number of nitrogens with zero attached hydrogens (tertiary/aromatic N) is 2. The maximum Gasteiger partial charge on any atom is 0.0992 e. The van der Waals surface area contributed by atoms with Crippen molar-refractivity contribution in [1.82, 2.24) is 9.88 Å². The first-order valence-electron chi connectivity index (χ1n) is 8.80. The molecule has 0 bridgehead atoms. The lowest BCUT2D eigenvalue weighted by molar-refractivity contribution is -0.118. The van der Waals surface area contributed by atoms with E-state index in [0.717, 1.165) is 32.5 Å². The van der Waals surface area contributed by atoms with Crippen LogP contribution in [0.4, 0.5) is 0 Å². The molecule has 1 aliphatic carbocycles. The molecule has 0 spiro atoms. The zero-order valence-electron chi connectivity index (χ0n) is 13.9. The van der Waals surface area contributed by atoms with Crippen molar-refractivity contribution in [2.75, 3.05) is 13.2 Å². The molecule has 0 amide bonds. The Balaban J connectivity index is 1.37. The molecule has 0 radical (unpaired) electrons. The number of benzene rings is 1. The fraction of sp³-hybridized carbons (Fsp3) is 0.450. The Morgan fingerprint density at radius 3 is 2.71 bits per heavy atom. The lowest BCUT2D eigenvalue weighted by Crippen LogP contribution is -2.51. The van der Waals surface area contributed by atoms with Crippen LogP contribution in [0.5, 0.6) is 0 Å². The minimum absolute atomic E-state index is 0.196. The highest BCUT2D eigenvalue weighted by molar-refractivity contribution is 5.15. The average Bonchev–Trinajstić information content (AvgIpc) is 3.06. The molecule has 4 nitrogen and oxygen atoms in total. The molecule has 1 aromatic heterocycles. The summed E-state index contributed by atoms with van der Waals surface area (Å²) in [5, 5.41) is 0. The van der Waals surface area contributed by atoms with Gasteiger partial charge in [-0.25, -0.2) is 0 Å². The van der Waals surface area contributed by atoms with Gasteiger partial charge in [0.15, 0.2) is 0 Å². The molecule has 2 aromatic rings. The first-order valence-corrected chi connectivity index (χ1v) is 8.80. The number of aromatic nitrogens is 1. The molecule has 1 aliphatic heterocycles. The monoisotopic (exact) mass is 324 g/mol. The average molecular weight is 324 g/mol. The molecule has 1 aromatic carbocycles. The molecule has 0 unspecified atom stereocenters. The second-order valence-corrected chi connectivity index (χ2v) is 6.64. The van der Waals surface area contributed by atoms with E-state index in [1.54, 1.807) is 0 Å². The fourth-order valence-electron chi connectivity index (χ4n) is 3.87. The topological polar surface area (TPSA) is 34.6 Å². The summed E-state index contributed by atoms with van der Waals surface area (Å²) in [6.45, 7) is 3.44. The van der Waals surface area contributed by atoms with Gasteiger partial charge in [0.2, 0.25) is 0 Å². The summed E-state index contributed by atoms with van der Waals surface area (Å²) >= 11 is 0. The van der Waals surface area contributed by atoms with Crippen LogP contribution in [0, 0.1) is 0 Å². The van der Waals surface area contributed by atoms with E-state index < -0.39 is 0 Å². The van der Waals surface area contributed by atoms with Gasteiger partial charge >= 0.3 is 0 Å². The minimum Gasteiger partial charge on any atom is -0.373 e.